The van der Waals surface area contributed by atoms with Crippen LogP contribution in [0.1, 0.15) is 10.6 Å². The Labute approximate surface area is 123 Å². The molecule has 0 bridgehead atoms. The number of fused-ring (bicyclic) bond motifs is 1. The van der Waals surface area contributed by atoms with E-state index in [-0.39, 0.29) is 5.82 Å². The lowest BCUT2D eigenvalue weighted by atomic mass is 10.3. The minimum Gasteiger partial charge on any atom is -0.318 e. The fourth-order valence-corrected chi connectivity index (χ4v) is 2.05. The summed E-state index contributed by atoms with van der Waals surface area (Å²) >= 11 is 11.8. The first-order valence-electron chi connectivity index (χ1n) is 5.57. The molecule has 8 heteroatoms. The van der Waals surface area contributed by atoms with Crippen molar-refractivity contribution in [3.05, 3.63) is 52.5 Å². The zero-order chi connectivity index (χ0) is 14.1. The van der Waals surface area contributed by atoms with Crippen LogP contribution in [0, 0.1) is 0 Å². The van der Waals surface area contributed by atoms with Gasteiger partial charge in [0.25, 0.3) is 11.7 Å². The summed E-state index contributed by atoms with van der Waals surface area (Å²) < 4.78 is 1.42. The van der Waals surface area contributed by atoms with Crippen molar-refractivity contribution in [3.63, 3.8) is 0 Å². The minimum atomic E-state index is -0.472. The first-order valence-corrected chi connectivity index (χ1v) is 6.33. The summed E-state index contributed by atoms with van der Waals surface area (Å²) in [5.41, 5.74) is 0.438. The highest BCUT2D eigenvalue weighted by atomic mass is 35.5. The lowest BCUT2D eigenvalue weighted by molar-refractivity contribution is 0.101. The van der Waals surface area contributed by atoms with E-state index in [9.17, 15) is 4.79 Å². The molecule has 0 unspecified atom stereocenters. The maximum absolute atomic E-state index is 12.1. The standard InChI is InChI=1S/C12H7Cl2N5O/c13-7-2-3-9(8(14)6-7)16-11(20)10-17-12-15-4-1-5-19(12)18-10/h1-6H,(H,16,20). The molecule has 0 saturated heterocycles. The second-order valence-electron chi connectivity index (χ2n) is 3.88. The monoisotopic (exact) mass is 307 g/mol. The van der Waals surface area contributed by atoms with Gasteiger partial charge in [-0.3, -0.25) is 4.79 Å². The van der Waals surface area contributed by atoms with E-state index in [2.05, 4.69) is 20.4 Å². The van der Waals surface area contributed by atoms with Gasteiger partial charge in [-0.05, 0) is 24.3 Å². The highest BCUT2D eigenvalue weighted by Crippen LogP contribution is 2.25. The van der Waals surface area contributed by atoms with Crippen LogP contribution in [0.5, 0.6) is 0 Å². The molecule has 3 aromatic rings. The van der Waals surface area contributed by atoms with E-state index in [1.807, 2.05) is 0 Å². The number of hydrogen-bond acceptors (Lipinski definition) is 4. The molecule has 2 aromatic heterocycles. The molecule has 100 valence electrons. The molecule has 0 atom stereocenters. The second kappa shape index (κ2) is 5.07. The topological polar surface area (TPSA) is 72.2 Å². The Balaban J connectivity index is 1.89. The third-order valence-electron chi connectivity index (χ3n) is 2.50. The lowest BCUT2D eigenvalue weighted by Gasteiger charge is -2.04. The first-order chi connectivity index (χ1) is 9.63. The molecular weight excluding hydrogens is 301 g/mol. The highest BCUT2D eigenvalue weighted by Gasteiger charge is 2.14. The van der Waals surface area contributed by atoms with E-state index < -0.39 is 5.91 Å². The summed E-state index contributed by atoms with van der Waals surface area (Å²) in [5, 5.41) is 7.47. The van der Waals surface area contributed by atoms with E-state index in [1.165, 1.54) is 10.6 Å². The van der Waals surface area contributed by atoms with E-state index >= 15 is 0 Å². The van der Waals surface area contributed by atoms with Crippen molar-refractivity contribution in [2.45, 2.75) is 0 Å². The number of anilines is 1. The average Bonchev–Trinajstić information content (AvgIpc) is 2.86. The van der Waals surface area contributed by atoms with Crippen molar-refractivity contribution >= 4 is 40.6 Å². The first kappa shape index (κ1) is 12.8. The Morgan fingerprint density at radius 2 is 2.15 bits per heavy atom. The van der Waals surface area contributed by atoms with Crippen LogP contribution < -0.4 is 5.32 Å². The SMILES string of the molecule is O=C(Nc1ccc(Cl)cc1Cl)c1nc2ncccn2n1. The van der Waals surface area contributed by atoms with E-state index in [0.717, 1.165) is 0 Å². The van der Waals surface area contributed by atoms with Crippen LogP contribution in [-0.4, -0.2) is 25.5 Å². The number of carbonyl (C=O) groups is 1. The molecule has 20 heavy (non-hydrogen) atoms. The van der Waals surface area contributed by atoms with Gasteiger partial charge in [0, 0.05) is 17.4 Å². The van der Waals surface area contributed by atoms with E-state index in [1.54, 1.807) is 30.6 Å². The van der Waals surface area contributed by atoms with Gasteiger partial charge in [-0.25, -0.2) is 9.50 Å². The van der Waals surface area contributed by atoms with Crippen molar-refractivity contribution in [1.29, 1.82) is 0 Å². The zero-order valence-corrected chi connectivity index (χ0v) is 11.4. The highest BCUT2D eigenvalue weighted by molar-refractivity contribution is 6.36. The Bertz CT molecular complexity index is 768. The van der Waals surface area contributed by atoms with Crippen LogP contribution in [0.15, 0.2) is 36.7 Å². The van der Waals surface area contributed by atoms with Crippen LogP contribution in [0.4, 0.5) is 5.69 Å². The van der Waals surface area contributed by atoms with Gasteiger partial charge in [0.1, 0.15) is 0 Å². The van der Waals surface area contributed by atoms with Gasteiger partial charge in [-0.15, -0.1) is 5.10 Å². The maximum atomic E-state index is 12.1. The molecule has 1 amide bonds. The minimum absolute atomic E-state index is 0.00900. The fourth-order valence-electron chi connectivity index (χ4n) is 1.60. The molecule has 1 N–H and O–H groups in total. The van der Waals surface area contributed by atoms with Crippen molar-refractivity contribution in [2.75, 3.05) is 5.32 Å². The van der Waals surface area contributed by atoms with Crippen LogP contribution in [0.2, 0.25) is 10.0 Å². The Morgan fingerprint density at radius 1 is 1.30 bits per heavy atom. The summed E-state index contributed by atoms with van der Waals surface area (Å²) in [7, 11) is 0. The molecule has 3 rings (SSSR count). The van der Waals surface area contributed by atoms with E-state index in [0.29, 0.717) is 21.5 Å². The smallest absolute Gasteiger partial charge is 0.295 e. The zero-order valence-electron chi connectivity index (χ0n) is 9.92. The van der Waals surface area contributed by atoms with Gasteiger partial charge < -0.3 is 5.32 Å². The van der Waals surface area contributed by atoms with Crippen LogP contribution in [-0.2, 0) is 0 Å². The molecule has 0 aliphatic carbocycles. The maximum Gasteiger partial charge on any atom is 0.295 e. The number of carbonyl (C=O) groups excluding carboxylic acids is 1. The Morgan fingerprint density at radius 3 is 2.90 bits per heavy atom. The van der Waals surface area contributed by atoms with Crippen LogP contribution in [0.3, 0.4) is 0 Å². The molecule has 0 aliphatic rings. The van der Waals surface area contributed by atoms with E-state index in [4.69, 9.17) is 23.2 Å². The molecule has 0 saturated carbocycles. The molecule has 0 fully saturated rings. The third-order valence-corrected chi connectivity index (χ3v) is 3.05. The molecule has 0 aliphatic heterocycles. The van der Waals surface area contributed by atoms with Crippen molar-refractivity contribution in [2.24, 2.45) is 0 Å². The largest absolute Gasteiger partial charge is 0.318 e. The number of rotatable bonds is 2. The van der Waals surface area contributed by atoms with Crippen molar-refractivity contribution in [1.82, 2.24) is 19.6 Å². The molecular formula is C12H7Cl2N5O. The molecule has 2 heterocycles. The van der Waals surface area contributed by atoms with Gasteiger partial charge >= 0.3 is 0 Å². The van der Waals surface area contributed by atoms with Crippen molar-refractivity contribution < 1.29 is 4.79 Å². The summed E-state index contributed by atoms with van der Waals surface area (Å²) in [6.45, 7) is 0. The lowest BCUT2D eigenvalue weighted by Crippen LogP contribution is -2.14. The van der Waals surface area contributed by atoms with Gasteiger partial charge in [0.15, 0.2) is 0 Å². The Hall–Kier alpha value is -2.18. The predicted molar refractivity (Wildman–Crippen MR) is 75.2 cm³/mol. The number of nitrogens with one attached hydrogen (secondary N) is 1. The summed E-state index contributed by atoms with van der Waals surface area (Å²) in [6, 6.07) is 6.47. The third kappa shape index (κ3) is 2.43. The van der Waals surface area contributed by atoms with Crippen molar-refractivity contribution in [3.8, 4) is 0 Å². The number of amides is 1. The average molecular weight is 308 g/mol. The normalized spacial score (nSPS) is 10.7. The fraction of sp³-hybridized carbons (Fsp3) is 0. The van der Waals surface area contributed by atoms with Gasteiger partial charge in [0.2, 0.25) is 5.82 Å². The van der Waals surface area contributed by atoms with Crippen LogP contribution >= 0.6 is 23.2 Å². The second-order valence-corrected chi connectivity index (χ2v) is 4.72. The quantitative estimate of drug-likeness (QED) is 0.790. The van der Waals surface area contributed by atoms with Crippen LogP contribution in [0.25, 0.3) is 5.78 Å². The predicted octanol–water partition coefficient (Wildman–Crippen LogP) is 2.68. The van der Waals surface area contributed by atoms with Gasteiger partial charge in [-0.2, -0.15) is 4.98 Å². The Kier molecular flexibility index (Phi) is 3.25. The summed E-state index contributed by atoms with van der Waals surface area (Å²) in [6.07, 6.45) is 3.23. The number of benzene rings is 1. The number of nitrogens with zero attached hydrogens (tertiary/aromatic N) is 4. The number of hydrogen-bond donors (Lipinski definition) is 1. The summed E-state index contributed by atoms with van der Waals surface area (Å²) in [5.74, 6) is -0.116. The van der Waals surface area contributed by atoms with Gasteiger partial charge in [0.05, 0.1) is 10.7 Å². The number of halogens is 2. The number of aromatic nitrogens is 4. The summed E-state index contributed by atoms with van der Waals surface area (Å²) in [4.78, 5) is 20.1. The molecule has 0 spiro atoms. The van der Waals surface area contributed by atoms with Gasteiger partial charge in [-0.1, -0.05) is 23.2 Å². The molecule has 1 aromatic carbocycles. The molecule has 6 nitrogen and oxygen atoms in total. The molecule has 0 radical (unpaired) electrons.